The molecule has 0 radical (unpaired) electrons. The molecule has 1 amide bonds. The normalized spacial score (nSPS) is 16.4. The Hall–Kier alpha value is -1.62. The van der Waals surface area contributed by atoms with Crippen LogP contribution in [0.4, 0.5) is 5.82 Å². The number of anilines is 1. The molecule has 0 unspecified atom stereocenters. The van der Waals surface area contributed by atoms with Crippen molar-refractivity contribution < 1.29 is 4.79 Å². The number of nitrogens with two attached hydrogens (primary N) is 1. The molecule has 0 atom stereocenters. The summed E-state index contributed by atoms with van der Waals surface area (Å²) in [6.45, 7) is 4.84. The largest absolute Gasteiger partial charge is 0.356 e. The van der Waals surface area contributed by atoms with Crippen molar-refractivity contribution in [3.05, 3.63) is 23.9 Å². The smallest absolute Gasteiger partial charge is 0.216 e. The fraction of sp³-hybridized carbons (Fsp3) is 0.571. The standard InChI is InChI=1S/C14H22N4O/c1-11(19)17-10-12-4-7-18(8-5-12)14-13(9-15)3-2-6-16-14/h2-3,6,12H,4-5,7-10,15H2,1H3,(H,17,19). The van der Waals surface area contributed by atoms with Crippen molar-refractivity contribution in [2.45, 2.75) is 26.3 Å². The van der Waals surface area contributed by atoms with Crippen molar-refractivity contribution in [3.8, 4) is 0 Å². The summed E-state index contributed by atoms with van der Waals surface area (Å²) in [7, 11) is 0. The minimum atomic E-state index is 0.0533. The van der Waals surface area contributed by atoms with Gasteiger partial charge < -0.3 is 16.0 Å². The van der Waals surface area contributed by atoms with Crippen LogP contribution in [-0.4, -0.2) is 30.5 Å². The Morgan fingerprint density at radius 2 is 2.26 bits per heavy atom. The molecule has 0 aromatic carbocycles. The van der Waals surface area contributed by atoms with Gasteiger partial charge in [0.25, 0.3) is 0 Å². The number of amides is 1. The second-order valence-corrected chi connectivity index (χ2v) is 5.06. The van der Waals surface area contributed by atoms with E-state index in [-0.39, 0.29) is 5.91 Å². The number of hydrogen-bond acceptors (Lipinski definition) is 4. The number of rotatable bonds is 4. The molecule has 1 saturated heterocycles. The van der Waals surface area contributed by atoms with E-state index in [1.54, 1.807) is 6.92 Å². The lowest BCUT2D eigenvalue weighted by molar-refractivity contribution is -0.119. The highest BCUT2D eigenvalue weighted by molar-refractivity contribution is 5.72. The number of aromatic nitrogens is 1. The maximum absolute atomic E-state index is 10.9. The molecule has 3 N–H and O–H groups in total. The summed E-state index contributed by atoms with van der Waals surface area (Å²) in [6, 6.07) is 3.96. The predicted molar refractivity (Wildman–Crippen MR) is 75.7 cm³/mol. The van der Waals surface area contributed by atoms with Crippen LogP contribution < -0.4 is 16.0 Å². The number of carbonyl (C=O) groups is 1. The van der Waals surface area contributed by atoms with E-state index in [2.05, 4.69) is 15.2 Å². The van der Waals surface area contributed by atoms with Gasteiger partial charge in [-0.05, 0) is 24.8 Å². The molecule has 5 heteroatoms. The molecular formula is C14H22N4O. The van der Waals surface area contributed by atoms with E-state index in [0.717, 1.165) is 43.9 Å². The number of nitrogens with one attached hydrogen (secondary N) is 1. The van der Waals surface area contributed by atoms with Gasteiger partial charge in [-0.2, -0.15) is 0 Å². The minimum absolute atomic E-state index is 0.0533. The van der Waals surface area contributed by atoms with Crippen LogP contribution in [0.5, 0.6) is 0 Å². The zero-order chi connectivity index (χ0) is 13.7. The molecule has 1 aliphatic rings. The van der Waals surface area contributed by atoms with Crippen LogP contribution >= 0.6 is 0 Å². The lowest BCUT2D eigenvalue weighted by Gasteiger charge is -2.33. The molecule has 1 fully saturated rings. The number of piperidine rings is 1. The molecule has 0 saturated carbocycles. The van der Waals surface area contributed by atoms with Crippen LogP contribution in [0.25, 0.3) is 0 Å². The molecule has 1 aromatic heterocycles. The van der Waals surface area contributed by atoms with E-state index < -0.39 is 0 Å². The van der Waals surface area contributed by atoms with E-state index >= 15 is 0 Å². The Balaban J connectivity index is 1.90. The maximum Gasteiger partial charge on any atom is 0.216 e. The SMILES string of the molecule is CC(=O)NCC1CCN(c2ncccc2CN)CC1. The third-order valence-corrected chi connectivity index (χ3v) is 3.64. The van der Waals surface area contributed by atoms with Gasteiger partial charge in [-0.1, -0.05) is 6.07 Å². The van der Waals surface area contributed by atoms with Crippen LogP contribution in [0.15, 0.2) is 18.3 Å². The Labute approximate surface area is 114 Å². The summed E-state index contributed by atoms with van der Waals surface area (Å²) < 4.78 is 0. The van der Waals surface area contributed by atoms with Crippen LogP contribution in [-0.2, 0) is 11.3 Å². The summed E-state index contributed by atoms with van der Waals surface area (Å²) in [4.78, 5) is 17.7. The average Bonchev–Trinajstić information content (AvgIpc) is 2.45. The van der Waals surface area contributed by atoms with Crippen molar-refractivity contribution in [1.29, 1.82) is 0 Å². The molecule has 2 rings (SSSR count). The van der Waals surface area contributed by atoms with E-state index in [4.69, 9.17) is 5.73 Å². The molecule has 19 heavy (non-hydrogen) atoms. The molecule has 1 aromatic rings. The van der Waals surface area contributed by atoms with Crippen molar-refractivity contribution in [2.75, 3.05) is 24.5 Å². The fourth-order valence-corrected chi connectivity index (χ4v) is 2.51. The topological polar surface area (TPSA) is 71.2 Å². The molecule has 5 nitrogen and oxygen atoms in total. The van der Waals surface area contributed by atoms with Crippen molar-refractivity contribution >= 4 is 11.7 Å². The molecule has 0 bridgehead atoms. The molecule has 1 aliphatic heterocycles. The second kappa shape index (κ2) is 6.52. The van der Waals surface area contributed by atoms with Gasteiger partial charge in [-0.3, -0.25) is 4.79 Å². The summed E-state index contributed by atoms with van der Waals surface area (Å²) in [6.07, 6.45) is 3.99. The Morgan fingerprint density at radius 1 is 1.53 bits per heavy atom. The Morgan fingerprint density at radius 3 is 2.89 bits per heavy atom. The first kappa shape index (κ1) is 13.8. The number of nitrogens with zero attached hydrogens (tertiary/aromatic N) is 2. The third kappa shape index (κ3) is 3.67. The van der Waals surface area contributed by atoms with Gasteiger partial charge in [-0.15, -0.1) is 0 Å². The van der Waals surface area contributed by atoms with Crippen LogP contribution in [0.2, 0.25) is 0 Å². The zero-order valence-corrected chi connectivity index (χ0v) is 11.4. The first-order valence-corrected chi connectivity index (χ1v) is 6.84. The molecule has 0 spiro atoms. The summed E-state index contributed by atoms with van der Waals surface area (Å²) in [5, 5.41) is 2.90. The van der Waals surface area contributed by atoms with Gasteiger partial charge in [0.2, 0.25) is 5.91 Å². The first-order chi connectivity index (χ1) is 9.20. The van der Waals surface area contributed by atoms with E-state index in [1.807, 2.05) is 18.3 Å². The predicted octanol–water partition coefficient (Wildman–Crippen LogP) is 0.893. The average molecular weight is 262 g/mol. The monoisotopic (exact) mass is 262 g/mol. The van der Waals surface area contributed by atoms with Gasteiger partial charge in [0.15, 0.2) is 0 Å². The number of pyridine rings is 1. The lowest BCUT2D eigenvalue weighted by Crippen LogP contribution is -2.39. The summed E-state index contributed by atoms with van der Waals surface area (Å²) >= 11 is 0. The highest BCUT2D eigenvalue weighted by Gasteiger charge is 2.21. The molecular weight excluding hydrogens is 240 g/mol. The van der Waals surface area contributed by atoms with E-state index in [0.29, 0.717) is 12.5 Å². The van der Waals surface area contributed by atoms with Crippen LogP contribution in [0, 0.1) is 5.92 Å². The lowest BCUT2D eigenvalue weighted by atomic mass is 9.96. The molecule has 104 valence electrons. The van der Waals surface area contributed by atoms with Crippen LogP contribution in [0.3, 0.4) is 0 Å². The Kier molecular flexibility index (Phi) is 4.74. The first-order valence-electron chi connectivity index (χ1n) is 6.84. The summed E-state index contributed by atoms with van der Waals surface area (Å²) in [5.41, 5.74) is 6.85. The highest BCUT2D eigenvalue weighted by Crippen LogP contribution is 2.23. The van der Waals surface area contributed by atoms with Gasteiger partial charge in [0, 0.05) is 44.9 Å². The van der Waals surface area contributed by atoms with Gasteiger partial charge in [0.1, 0.15) is 5.82 Å². The van der Waals surface area contributed by atoms with Crippen LogP contribution in [0.1, 0.15) is 25.3 Å². The highest BCUT2D eigenvalue weighted by atomic mass is 16.1. The second-order valence-electron chi connectivity index (χ2n) is 5.06. The zero-order valence-electron chi connectivity index (χ0n) is 11.4. The van der Waals surface area contributed by atoms with Gasteiger partial charge in [0.05, 0.1) is 0 Å². The fourth-order valence-electron chi connectivity index (χ4n) is 2.51. The maximum atomic E-state index is 10.9. The number of carbonyl (C=O) groups excluding carboxylic acids is 1. The van der Waals surface area contributed by atoms with Crippen molar-refractivity contribution in [3.63, 3.8) is 0 Å². The quantitative estimate of drug-likeness (QED) is 0.845. The van der Waals surface area contributed by atoms with Gasteiger partial charge in [-0.25, -0.2) is 4.98 Å². The van der Waals surface area contributed by atoms with E-state index in [9.17, 15) is 4.79 Å². The van der Waals surface area contributed by atoms with Crippen molar-refractivity contribution in [1.82, 2.24) is 10.3 Å². The van der Waals surface area contributed by atoms with E-state index in [1.165, 1.54) is 0 Å². The summed E-state index contributed by atoms with van der Waals surface area (Å²) in [5.74, 6) is 1.64. The minimum Gasteiger partial charge on any atom is -0.356 e. The van der Waals surface area contributed by atoms with Crippen molar-refractivity contribution in [2.24, 2.45) is 11.7 Å². The Bertz CT molecular complexity index is 427. The number of hydrogen-bond donors (Lipinski definition) is 2. The van der Waals surface area contributed by atoms with Gasteiger partial charge >= 0.3 is 0 Å². The molecule has 2 heterocycles. The third-order valence-electron chi connectivity index (χ3n) is 3.64. The molecule has 0 aliphatic carbocycles.